The van der Waals surface area contributed by atoms with Crippen molar-refractivity contribution in [2.75, 3.05) is 6.61 Å². The molecule has 0 saturated heterocycles. The van der Waals surface area contributed by atoms with Crippen LogP contribution in [0.4, 0.5) is 19.0 Å². The minimum Gasteiger partial charge on any atom is -0.472 e. The lowest BCUT2D eigenvalue weighted by atomic mass is 10.0. The number of nitrogens with zero attached hydrogens (tertiary/aromatic N) is 5. The van der Waals surface area contributed by atoms with Gasteiger partial charge in [0.05, 0.1) is 0 Å². The molecule has 25 heavy (non-hydrogen) atoms. The van der Waals surface area contributed by atoms with Crippen LogP contribution in [0.3, 0.4) is 0 Å². The first-order valence-electron chi connectivity index (χ1n) is 7.11. The number of ether oxygens (including phenoxy) is 2. The lowest BCUT2D eigenvalue weighted by Crippen LogP contribution is -2.43. The van der Waals surface area contributed by atoms with E-state index in [1.54, 1.807) is 6.92 Å². The maximum Gasteiger partial charge on any atom is 0.435 e. The van der Waals surface area contributed by atoms with Crippen LogP contribution in [0.25, 0.3) is 0 Å². The highest BCUT2D eigenvalue weighted by Gasteiger charge is 2.38. The molecule has 1 aliphatic rings. The summed E-state index contributed by atoms with van der Waals surface area (Å²) in [6.45, 7) is 2.09. The van der Waals surface area contributed by atoms with Crippen molar-refractivity contribution in [3.8, 4) is 11.9 Å². The molecule has 1 aliphatic heterocycles. The topological polar surface area (TPSA) is 105 Å². The van der Waals surface area contributed by atoms with Gasteiger partial charge in [0.15, 0.2) is 5.69 Å². The maximum absolute atomic E-state index is 12.4. The van der Waals surface area contributed by atoms with Crippen molar-refractivity contribution >= 4 is 5.82 Å². The Morgan fingerprint density at radius 2 is 2.20 bits per heavy atom. The molecule has 1 unspecified atom stereocenters. The van der Waals surface area contributed by atoms with Crippen molar-refractivity contribution < 1.29 is 27.6 Å². The molecule has 1 atom stereocenters. The number of hydrogen-bond donors (Lipinski definition) is 0. The Labute approximate surface area is 138 Å². The molecule has 0 aliphatic carbocycles. The Kier molecular flexibility index (Phi) is 3.97. The fourth-order valence-electron chi connectivity index (χ4n) is 2.22. The van der Waals surface area contributed by atoms with E-state index < -0.39 is 22.4 Å². The van der Waals surface area contributed by atoms with E-state index >= 15 is 0 Å². The molecule has 9 nitrogen and oxygen atoms in total. The summed E-state index contributed by atoms with van der Waals surface area (Å²) in [4.78, 5) is 13.9. The van der Waals surface area contributed by atoms with Gasteiger partial charge >= 0.3 is 18.0 Å². The van der Waals surface area contributed by atoms with Gasteiger partial charge in [-0.15, -0.1) is 10.2 Å². The van der Waals surface area contributed by atoms with Gasteiger partial charge in [0.2, 0.25) is 5.88 Å². The molecule has 2 aromatic heterocycles. The molecule has 0 spiro atoms. The van der Waals surface area contributed by atoms with Crippen LogP contribution in [0.2, 0.25) is 0 Å². The minimum atomic E-state index is -4.57. The highest BCUT2D eigenvalue weighted by molar-refractivity contribution is 5.22. The van der Waals surface area contributed by atoms with E-state index in [1.807, 2.05) is 0 Å². The number of aromatic nitrogens is 4. The number of fused-ring (bicyclic) bond motifs is 1. The van der Waals surface area contributed by atoms with Crippen LogP contribution >= 0.6 is 0 Å². The first kappa shape index (κ1) is 16.9. The van der Waals surface area contributed by atoms with Crippen LogP contribution in [-0.4, -0.2) is 36.9 Å². The van der Waals surface area contributed by atoms with Gasteiger partial charge in [-0.05, 0) is 17.9 Å². The second-order valence-corrected chi connectivity index (χ2v) is 5.68. The maximum atomic E-state index is 12.4. The van der Waals surface area contributed by atoms with E-state index in [1.165, 1.54) is 10.8 Å². The molecule has 0 bridgehead atoms. The van der Waals surface area contributed by atoms with Gasteiger partial charge < -0.3 is 19.6 Å². The van der Waals surface area contributed by atoms with Gasteiger partial charge in [0.1, 0.15) is 18.4 Å². The summed E-state index contributed by atoms with van der Waals surface area (Å²) in [5, 5.41) is 17.2. The average molecular weight is 359 g/mol. The van der Waals surface area contributed by atoms with Gasteiger partial charge in [-0.25, -0.2) is 0 Å². The van der Waals surface area contributed by atoms with Gasteiger partial charge in [-0.3, -0.25) is 4.57 Å². The first-order chi connectivity index (χ1) is 11.7. The molecule has 0 fully saturated rings. The van der Waals surface area contributed by atoms with Gasteiger partial charge in [-0.1, -0.05) is 0 Å². The quantitative estimate of drug-likeness (QED) is 0.609. The molecular formula is C13H12F3N5O4. The number of alkyl halides is 3. The van der Waals surface area contributed by atoms with Crippen molar-refractivity contribution in [2.24, 2.45) is 0 Å². The van der Waals surface area contributed by atoms with Crippen LogP contribution in [0, 0.1) is 10.1 Å². The van der Waals surface area contributed by atoms with E-state index in [-0.39, 0.29) is 24.3 Å². The van der Waals surface area contributed by atoms with E-state index in [0.29, 0.717) is 13.0 Å². The molecule has 134 valence electrons. The molecule has 0 radical (unpaired) electrons. The van der Waals surface area contributed by atoms with E-state index in [2.05, 4.69) is 15.2 Å². The van der Waals surface area contributed by atoms with Crippen LogP contribution < -0.4 is 9.47 Å². The normalized spacial score (nSPS) is 19.8. The smallest absolute Gasteiger partial charge is 0.435 e. The third-order valence-corrected chi connectivity index (χ3v) is 3.59. The second kappa shape index (κ2) is 5.86. The van der Waals surface area contributed by atoms with Gasteiger partial charge in [0.25, 0.3) is 0 Å². The summed E-state index contributed by atoms with van der Waals surface area (Å²) in [6, 6.07) is 1.92. The fourth-order valence-corrected chi connectivity index (χ4v) is 2.22. The third-order valence-electron chi connectivity index (χ3n) is 3.59. The predicted molar refractivity (Wildman–Crippen MR) is 75.1 cm³/mol. The van der Waals surface area contributed by atoms with Crippen LogP contribution in [0.15, 0.2) is 18.3 Å². The van der Waals surface area contributed by atoms with Gasteiger partial charge in [-0.2, -0.15) is 13.2 Å². The number of imidazole rings is 1. The lowest BCUT2D eigenvalue weighted by molar-refractivity contribution is -0.389. The lowest BCUT2D eigenvalue weighted by Gasteiger charge is -2.32. The van der Waals surface area contributed by atoms with E-state index in [4.69, 9.17) is 9.47 Å². The van der Waals surface area contributed by atoms with Gasteiger partial charge in [0, 0.05) is 24.0 Å². The summed E-state index contributed by atoms with van der Waals surface area (Å²) < 4.78 is 49.8. The number of nitro groups is 1. The summed E-state index contributed by atoms with van der Waals surface area (Å²) >= 11 is 0. The zero-order valence-corrected chi connectivity index (χ0v) is 12.9. The first-order valence-corrected chi connectivity index (χ1v) is 7.11. The monoisotopic (exact) mass is 359 g/mol. The Bertz CT molecular complexity index is 792. The van der Waals surface area contributed by atoms with Crippen molar-refractivity contribution in [3.63, 3.8) is 0 Å². The molecule has 0 N–H and O–H groups in total. The summed E-state index contributed by atoms with van der Waals surface area (Å²) in [5.41, 5.74) is -1.98. The molecule has 0 saturated carbocycles. The largest absolute Gasteiger partial charge is 0.472 e. The van der Waals surface area contributed by atoms with Crippen molar-refractivity contribution in [2.45, 2.75) is 31.7 Å². The second-order valence-electron chi connectivity index (χ2n) is 5.68. The zero-order chi connectivity index (χ0) is 18.2. The summed E-state index contributed by atoms with van der Waals surface area (Å²) in [5.74, 6) is -0.411. The molecule has 3 heterocycles. The fraction of sp³-hybridized carbons (Fsp3) is 0.462. The Hall–Kier alpha value is -2.92. The Morgan fingerprint density at radius 1 is 1.44 bits per heavy atom. The van der Waals surface area contributed by atoms with Crippen LogP contribution in [-0.2, 0) is 12.7 Å². The molecular weight excluding hydrogens is 347 g/mol. The third kappa shape index (κ3) is 3.61. The standard InChI is InChI=1S/C13H12F3N5O4/c1-12(4-5-20-6-9(21(22)23)17-11(20)25-12)7-24-10-3-2-8(18-19-10)13(14,15)16/h2-3,6H,4-5,7H2,1H3. The summed E-state index contributed by atoms with van der Waals surface area (Å²) in [6.07, 6.45) is -2.84. The molecule has 0 aromatic carbocycles. The molecule has 2 aromatic rings. The molecule has 0 amide bonds. The molecule has 3 rings (SSSR count). The average Bonchev–Trinajstić information content (AvgIpc) is 2.96. The van der Waals surface area contributed by atoms with E-state index in [9.17, 15) is 23.3 Å². The Morgan fingerprint density at radius 3 is 2.80 bits per heavy atom. The van der Waals surface area contributed by atoms with Crippen molar-refractivity contribution in [1.29, 1.82) is 0 Å². The highest BCUT2D eigenvalue weighted by Crippen LogP contribution is 2.31. The highest BCUT2D eigenvalue weighted by atomic mass is 19.4. The SMILES string of the molecule is CC1(COc2ccc(C(F)(F)F)nn2)CCn2cc([N+](=O)[O-])nc2O1. The van der Waals surface area contributed by atoms with Crippen LogP contribution in [0.5, 0.6) is 11.9 Å². The van der Waals surface area contributed by atoms with E-state index in [0.717, 1.165) is 12.1 Å². The zero-order valence-electron chi connectivity index (χ0n) is 12.9. The minimum absolute atomic E-state index is 0.0340. The molecule has 12 heteroatoms. The Balaban J connectivity index is 1.65. The number of rotatable bonds is 4. The van der Waals surface area contributed by atoms with Crippen molar-refractivity contribution in [1.82, 2.24) is 19.7 Å². The van der Waals surface area contributed by atoms with Crippen molar-refractivity contribution in [3.05, 3.63) is 34.1 Å². The summed E-state index contributed by atoms with van der Waals surface area (Å²) in [7, 11) is 0. The predicted octanol–water partition coefficient (Wildman–Crippen LogP) is 2.22. The number of halogens is 3. The number of aryl methyl sites for hydroxylation is 1. The number of hydrogen-bond acceptors (Lipinski definition) is 7. The van der Waals surface area contributed by atoms with Crippen LogP contribution in [0.1, 0.15) is 19.0 Å².